The fraction of sp³-hybridized carbons (Fsp3) is 0.462. The van der Waals surface area contributed by atoms with Crippen LogP contribution in [0.4, 0.5) is 0 Å². The van der Waals surface area contributed by atoms with Gasteiger partial charge in [0, 0.05) is 30.0 Å². The second-order valence-corrected chi connectivity index (χ2v) is 5.43. The number of amides is 1. The Morgan fingerprint density at radius 3 is 3.00 bits per heavy atom. The van der Waals surface area contributed by atoms with Crippen molar-refractivity contribution in [3.8, 4) is 0 Å². The molecule has 4 heteroatoms. The smallest absolute Gasteiger partial charge is 0.222 e. The normalized spacial score (nSPS) is 19.6. The van der Waals surface area contributed by atoms with Gasteiger partial charge in [-0.05, 0) is 30.5 Å². The number of carbonyl (C=O) groups is 1. The average Bonchev–Trinajstić information content (AvgIpc) is 2.73. The number of halogens is 1. The van der Waals surface area contributed by atoms with E-state index in [9.17, 15) is 4.79 Å². The molecule has 1 aromatic carbocycles. The molecular weight excluding hydrogens is 280 g/mol. The van der Waals surface area contributed by atoms with Crippen molar-refractivity contribution in [1.82, 2.24) is 4.90 Å². The highest BCUT2D eigenvalue weighted by molar-refractivity contribution is 9.10. The number of nitrogens with two attached hydrogens (primary N) is 1. The first-order valence-electron chi connectivity index (χ1n) is 5.93. The highest BCUT2D eigenvalue weighted by Gasteiger charge is 2.22. The minimum absolute atomic E-state index is 0.171. The van der Waals surface area contributed by atoms with Crippen LogP contribution in [-0.2, 0) is 11.2 Å². The molecule has 0 spiro atoms. The first-order valence-corrected chi connectivity index (χ1v) is 6.72. The molecule has 1 aliphatic rings. The lowest BCUT2D eigenvalue weighted by Crippen LogP contribution is -2.31. The highest BCUT2D eigenvalue weighted by Crippen LogP contribution is 2.14. The number of likely N-dealkylation sites (tertiary alicyclic amines) is 1. The van der Waals surface area contributed by atoms with Crippen LogP contribution in [-0.4, -0.2) is 29.9 Å². The molecule has 1 amide bonds. The zero-order valence-corrected chi connectivity index (χ0v) is 11.3. The van der Waals surface area contributed by atoms with Crippen molar-refractivity contribution in [2.75, 3.05) is 13.1 Å². The minimum atomic E-state index is 0.171. The van der Waals surface area contributed by atoms with Gasteiger partial charge in [-0.3, -0.25) is 4.79 Å². The third-order valence-electron chi connectivity index (χ3n) is 3.09. The Labute approximate surface area is 110 Å². The number of hydrogen-bond acceptors (Lipinski definition) is 2. The number of benzene rings is 1. The molecule has 1 saturated heterocycles. The maximum atomic E-state index is 11.9. The first kappa shape index (κ1) is 12.6. The van der Waals surface area contributed by atoms with Gasteiger partial charge in [0.05, 0.1) is 0 Å². The molecule has 1 aliphatic heterocycles. The SMILES string of the molecule is NC1CCN(C(=O)CCc2cccc(Br)c2)C1. The molecular formula is C13H17BrN2O. The van der Waals surface area contributed by atoms with Crippen molar-refractivity contribution in [1.29, 1.82) is 0 Å². The quantitative estimate of drug-likeness (QED) is 0.927. The van der Waals surface area contributed by atoms with Crippen molar-refractivity contribution in [3.05, 3.63) is 34.3 Å². The molecule has 0 aliphatic carbocycles. The summed E-state index contributed by atoms with van der Waals surface area (Å²) >= 11 is 3.43. The van der Waals surface area contributed by atoms with Gasteiger partial charge in [-0.2, -0.15) is 0 Å². The van der Waals surface area contributed by atoms with E-state index in [0.717, 1.165) is 30.4 Å². The molecule has 1 heterocycles. The highest BCUT2D eigenvalue weighted by atomic mass is 79.9. The summed E-state index contributed by atoms with van der Waals surface area (Å²) in [4.78, 5) is 13.8. The zero-order valence-electron chi connectivity index (χ0n) is 9.73. The Kier molecular flexibility index (Phi) is 4.18. The summed E-state index contributed by atoms with van der Waals surface area (Å²) in [5.74, 6) is 0.220. The Morgan fingerprint density at radius 2 is 2.35 bits per heavy atom. The molecule has 92 valence electrons. The lowest BCUT2D eigenvalue weighted by atomic mass is 10.1. The van der Waals surface area contributed by atoms with Gasteiger partial charge in [-0.1, -0.05) is 28.1 Å². The van der Waals surface area contributed by atoms with Crippen molar-refractivity contribution in [3.63, 3.8) is 0 Å². The fourth-order valence-corrected chi connectivity index (χ4v) is 2.56. The Hall–Kier alpha value is -0.870. The third-order valence-corrected chi connectivity index (χ3v) is 3.59. The van der Waals surface area contributed by atoms with E-state index in [1.807, 2.05) is 23.1 Å². The standard InChI is InChI=1S/C13H17BrN2O/c14-11-3-1-2-10(8-11)4-5-13(17)16-7-6-12(15)9-16/h1-3,8,12H,4-7,9,15H2. The molecule has 1 atom stereocenters. The van der Waals surface area contributed by atoms with Gasteiger partial charge < -0.3 is 10.6 Å². The summed E-state index contributed by atoms with van der Waals surface area (Å²) in [6.07, 6.45) is 2.30. The van der Waals surface area contributed by atoms with Gasteiger partial charge in [-0.25, -0.2) is 0 Å². The molecule has 2 N–H and O–H groups in total. The van der Waals surface area contributed by atoms with Gasteiger partial charge >= 0.3 is 0 Å². The summed E-state index contributed by atoms with van der Waals surface area (Å²) in [7, 11) is 0. The maximum Gasteiger partial charge on any atom is 0.222 e. The molecule has 2 rings (SSSR count). The molecule has 1 unspecified atom stereocenters. The van der Waals surface area contributed by atoms with Crippen LogP contribution >= 0.6 is 15.9 Å². The molecule has 0 aromatic heterocycles. The fourth-order valence-electron chi connectivity index (χ4n) is 2.12. The second kappa shape index (κ2) is 5.65. The Balaban J connectivity index is 1.84. The molecule has 1 fully saturated rings. The molecule has 0 radical (unpaired) electrons. The Bertz CT molecular complexity index is 408. The summed E-state index contributed by atoms with van der Waals surface area (Å²) in [5.41, 5.74) is 6.98. The van der Waals surface area contributed by atoms with Crippen LogP contribution in [0, 0.1) is 0 Å². The van der Waals surface area contributed by atoms with Gasteiger partial charge in [-0.15, -0.1) is 0 Å². The number of aryl methyl sites for hydroxylation is 1. The largest absolute Gasteiger partial charge is 0.341 e. The second-order valence-electron chi connectivity index (χ2n) is 4.52. The number of hydrogen-bond donors (Lipinski definition) is 1. The summed E-state index contributed by atoms with van der Waals surface area (Å²) < 4.78 is 1.06. The molecule has 1 aromatic rings. The van der Waals surface area contributed by atoms with E-state index in [-0.39, 0.29) is 11.9 Å². The van der Waals surface area contributed by atoms with E-state index in [1.54, 1.807) is 0 Å². The number of carbonyl (C=O) groups excluding carboxylic acids is 1. The van der Waals surface area contributed by atoms with Crippen LogP contribution in [0.15, 0.2) is 28.7 Å². The van der Waals surface area contributed by atoms with Crippen molar-refractivity contribution in [2.24, 2.45) is 5.73 Å². The van der Waals surface area contributed by atoms with Crippen LogP contribution in [0.2, 0.25) is 0 Å². The molecule has 0 saturated carbocycles. The number of rotatable bonds is 3. The minimum Gasteiger partial charge on any atom is -0.341 e. The van der Waals surface area contributed by atoms with Gasteiger partial charge in [0.25, 0.3) is 0 Å². The van der Waals surface area contributed by atoms with E-state index in [0.29, 0.717) is 6.42 Å². The number of nitrogens with zero attached hydrogens (tertiary/aromatic N) is 1. The summed E-state index contributed by atoms with van der Waals surface area (Å²) in [5, 5.41) is 0. The third kappa shape index (κ3) is 3.54. The van der Waals surface area contributed by atoms with E-state index in [4.69, 9.17) is 5.73 Å². The average molecular weight is 297 g/mol. The molecule has 0 bridgehead atoms. The lowest BCUT2D eigenvalue weighted by Gasteiger charge is -2.15. The van der Waals surface area contributed by atoms with Gasteiger partial charge in [0.2, 0.25) is 5.91 Å². The Morgan fingerprint density at radius 1 is 1.53 bits per heavy atom. The van der Waals surface area contributed by atoms with Crippen LogP contribution in [0.25, 0.3) is 0 Å². The van der Waals surface area contributed by atoms with Crippen molar-refractivity contribution in [2.45, 2.75) is 25.3 Å². The van der Waals surface area contributed by atoms with E-state index < -0.39 is 0 Å². The van der Waals surface area contributed by atoms with Crippen LogP contribution in [0.1, 0.15) is 18.4 Å². The first-order chi connectivity index (χ1) is 8.15. The lowest BCUT2D eigenvalue weighted by molar-refractivity contribution is -0.130. The van der Waals surface area contributed by atoms with Gasteiger partial charge in [0.15, 0.2) is 0 Å². The molecule has 3 nitrogen and oxygen atoms in total. The van der Waals surface area contributed by atoms with Crippen LogP contribution in [0.3, 0.4) is 0 Å². The van der Waals surface area contributed by atoms with Crippen molar-refractivity contribution >= 4 is 21.8 Å². The van der Waals surface area contributed by atoms with Crippen LogP contribution in [0.5, 0.6) is 0 Å². The molecule has 17 heavy (non-hydrogen) atoms. The topological polar surface area (TPSA) is 46.3 Å². The van der Waals surface area contributed by atoms with E-state index in [2.05, 4.69) is 22.0 Å². The summed E-state index contributed by atoms with van der Waals surface area (Å²) in [6.45, 7) is 1.54. The summed E-state index contributed by atoms with van der Waals surface area (Å²) in [6, 6.07) is 8.27. The van der Waals surface area contributed by atoms with Gasteiger partial charge in [0.1, 0.15) is 0 Å². The maximum absolute atomic E-state index is 11.9. The van der Waals surface area contributed by atoms with E-state index >= 15 is 0 Å². The monoisotopic (exact) mass is 296 g/mol. The zero-order chi connectivity index (χ0) is 12.3. The van der Waals surface area contributed by atoms with E-state index in [1.165, 1.54) is 5.56 Å². The predicted octanol–water partition coefficient (Wildman–Crippen LogP) is 1.94. The van der Waals surface area contributed by atoms with Crippen LogP contribution < -0.4 is 5.73 Å². The predicted molar refractivity (Wildman–Crippen MR) is 71.6 cm³/mol. The van der Waals surface area contributed by atoms with Crippen molar-refractivity contribution < 1.29 is 4.79 Å².